The minimum absolute atomic E-state index is 0.0493. The van der Waals surface area contributed by atoms with Crippen molar-refractivity contribution in [3.8, 4) is 0 Å². The van der Waals surface area contributed by atoms with Crippen LogP contribution in [0, 0.1) is 6.92 Å². The number of alkyl halides is 17. The van der Waals surface area contributed by atoms with Crippen molar-refractivity contribution in [3.05, 3.63) is 29.3 Å². The molecule has 0 bridgehead atoms. The Morgan fingerprint density at radius 2 is 1.00 bits per heavy atom. The third-order valence-corrected chi connectivity index (χ3v) is 5.94. The Morgan fingerprint density at radius 3 is 1.37 bits per heavy atom. The lowest BCUT2D eigenvalue weighted by Crippen LogP contribution is -2.74. The van der Waals surface area contributed by atoms with E-state index in [0.717, 1.165) is 13.0 Å². The van der Waals surface area contributed by atoms with Crippen molar-refractivity contribution >= 4 is 10.1 Å². The summed E-state index contributed by atoms with van der Waals surface area (Å²) in [6.45, 7) is 1.11. The maximum Gasteiger partial charge on any atom is 0.460 e. The molecule has 0 spiro atoms. The van der Waals surface area contributed by atoms with Crippen LogP contribution in [-0.4, -0.2) is 60.6 Å². The summed E-state index contributed by atoms with van der Waals surface area (Å²) in [6.07, 6.45) is -12.5. The highest BCUT2D eigenvalue weighted by molar-refractivity contribution is 7.85. The second kappa shape index (κ2) is 9.26. The van der Waals surface area contributed by atoms with Gasteiger partial charge in [-0.15, -0.1) is 0 Å². The molecule has 0 aliphatic heterocycles. The Balaban J connectivity index is 3.58. The largest absolute Gasteiger partial charge is 0.460 e. The van der Waals surface area contributed by atoms with Gasteiger partial charge in [0, 0.05) is 6.42 Å². The smallest absolute Gasteiger partial charge is 0.282 e. The number of hydrogen-bond acceptors (Lipinski definition) is 2. The Hall–Kier alpha value is -2.06. The van der Waals surface area contributed by atoms with Crippen molar-refractivity contribution in [2.45, 2.75) is 72.3 Å². The summed E-state index contributed by atoms with van der Waals surface area (Å²) >= 11 is 0. The highest BCUT2D eigenvalue weighted by atomic mass is 32.2. The molecule has 0 atom stereocenters. The van der Waals surface area contributed by atoms with E-state index >= 15 is 0 Å². The molecular weight excluding hydrogens is 607 g/mol. The van der Waals surface area contributed by atoms with Crippen LogP contribution in [0.5, 0.6) is 0 Å². The van der Waals surface area contributed by atoms with Gasteiger partial charge in [-0.1, -0.05) is 17.7 Å². The predicted molar refractivity (Wildman–Crippen MR) is 90.0 cm³/mol. The van der Waals surface area contributed by atoms with E-state index in [0.29, 0.717) is 12.1 Å². The summed E-state index contributed by atoms with van der Waals surface area (Å²) in [5.41, 5.74) is -1.09. The average Bonchev–Trinajstić information content (AvgIpc) is 2.69. The van der Waals surface area contributed by atoms with Gasteiger partial charge in [-0.25, -0.2) is 0 Å². The van der Waals surface area contributed by atoms with Crippen molar-refractivity contribution in [1.82, 2.24) is 0 Å². The van der Waals surface area contributed by atoms with Crippen LogP contribution in [0.2, 0.25) is 0 Å². The number of hydrogen-bond donors (Lipinski definition) is 1. The Kier molecular flexibility index (Phi) is 8.27. The monoisotopic (exact) mass is 618 g/mol. The van der Waals surface area contributed by atoms with Gasteiger partial charge in [0.1, 0.15) is 0 Å². The first-order valence-electron chi connectivity index (χ1n) is 9.13. The van der Waals surface area contributed by atoms with E-state index in [-0.39, 0.29) is 5.56 Å². The molecule has 0 heterocycles. The summed E-state index contributed by atoms with van der Waals surface area (Å²) in [4.78, 5) is -1.29. The Bertz CT molecular complexity index is 1140. The molecule has 0 aliphatic rings. The highest BCUT2D eigenvalue weighted by Gasteiger charge is 2.95. The van der Waals surface area contributed by atoms with Crippen molar-refractivity contribution in [1.29, 1.82) is 0 Å². The number of halogens is 17. The van der Waals surface area contributed by atoms with E-state index in [4.69, 9.17) is 4.55 Å². The van der Waals surface area contributed by atoms with Gasteiger partial charge < -0.3 is 0 Å². The van der Waals surface area contributed by atoms with Crippen molar-refractivity contribution in [3.63, 3.8) is 0 Å². The van der Waals surface area contributed by atoms with E-state index in [1.807, 2.05) is 0 Å². The van der Waals surface area contributed by atoms with Gasteiger partial charge in [-0.3, -0.25) is 4.55 Å². The lowest BCUT2D eigenvalue weighted by molar-refractivity contribution is -0.461. The Morgan fingerprint density at radius 1 is 0.632 bits per heavy atom. The molecule has 0 radical (unpaired) electrons. The molecule has 0 unspecified atom stereocenters. The zero-order valence-corrected chi connectivity index (χ0v) is 18.6. The molecule has 1 aromatic rings. The molecule has 3 nitrogen and oxygen atoms in total. The standard InChI is InChI=1S/C17H11F17O3S/c1-7-2-3-9(38(35,36)37)8(6-7)4-5-10(18,19)11(20,21)12(22,23)13(24,25)14(26,27)15(28,29)16(30,31)17(32,33)34/h2-3,6H,4-5H2,1H3,(H,35,36,37). The lowest BCUT2D eigenvalue weighted by atomic mass is 9.87. The molecule has 38 heavy (non-hydrogen) atoms. The van der Waals surface area contributed by atoms with E-state index in [2.05, 4.69) is 0 Å². The fourth-order valence-corrected chi connectivity index (χ4v) is 3.53. The first-order chi connectivity index (χ1) is 16.3. The SMILES string of the molecule is Cc1ccc(S(=O)(=O)O)c(CCC(F)(F)C(F)(F)C(F)(F)C(F)(F)C(F)(F)C(F)(F)C(F)(F)C(F)(F)F)c1. The summed E-state index contributed by atoms with van der Waals surface area (Å²) in [5, 5.41) is 0. The van der Waals surface area contributed by atoms with Gasteiger partial charge in [-0.2, -0.15) is 83.1 Å². The topological polar surface area (TPSA) is 54.4 Å². The molecule has 0 saturated carbocycles. The number of benzene rings is 1. The second-order valence-corrected chi connectivity index (χ2v) is 9.12. The lowest BCUT2D eigenvalue weighted by Gasteiger charge is -2.42. The number of aryl methyl sites for hydroxylation is 2. The molecule has 1 rings (SSSR count). The maximum atomic E-state index is 14.0. The molecule has 0 amide bonds. The van der Waals surface area contributed by atoms with Crippen LogP contribution in [0.15, 0.2) is 23.1 Å². The van der Waals surface area contributed by atoms with Gasteiger partial charge in [0.2, 0.25) is 0 Å². The molecule has 0 aliphatic carbocycles. The average molecular weight is 618 g/mol. The van der Waals surface area contributed by atoms with Gasteiger partial charge in [0.25, 0.3) is 10.1 Å². The normalized spacial score (nSPS) is 15.7. The van der Waals surface area contributed by atoms with Crippen LogP contribution in [-0.2, 0) is 16.5 Å². The first kappa shape index (κ1) is 34.0. The second-order valence-electron chi connectivity index (χ2n) is 7.73. The van der Waals surface area contributed by atoms with Gasteiger partial charge in [0.05, 0.1) is 4.90 Å². The molecule has 1 N–H and O–H groups in total. The van der Waals surface area contributed by atoms with Crippen LogP contribution in [0.25, 0.3) is 0 Å². The van der Waals surface area contributed by atoms with Crippen LogP contribution < -0.4 is 0 Å². The highest BCUT2D eigenvalue weighted by Crippen LogP contribution is 2.64. The minimum atomic E-state index is -8.73. The minimum Gasteiger partial charge on any atom is -0.282 e. The third kappa shape index (κ3) is 4.99. The molecule has 0 saturated heterocycles. The zero-order valence-electron chi connectivity index (χ0n) is 17.7. The van der Waals surface area contributed by atoms with E-state index in [1.165, 1.54) is 0 Å². The Labute approximate surface area is 200 Å². The van der Waals surface area contributed by atoms with Gasteiger partial charge in [0.15, 0.2) is 0 Å². The molecule has 1 aromatic carbocycles. The maximum absolute atomic E-state index is 14.0. The van der Waals surface area contributed by atoms with Crippen molar-refractivity contribution in [2.24, 2.45) is 0 Å². The van der Waals surface area contributed by atoms with E-state index < -0.39 is 81.1 Å². The summed E-state index contributed by atoms with van der Waals surface area (Å²) in [5.74, 6) is -57.2. The quantitative estimate of drug-likeness (QED) is 0.223. The molecular formula is C17H11F17O3S. The summed E-state index contributed by atoms with van der Waals surface area (Å²) in [7, 11) is -5.31. The fraction of sp³-hybridized carbons (Fsp3) is 0.647. The predicted octanol–water partition coefficient (Wildman–Crippen LogP) is 7.18. The van der Waals surface area contributed by atoms with Crippen molar-refractivity contribution in [2.75, 3.05) is 0 Å². The molecule has 222 valence electrons. The van der Waals surface area contributed by atoms with E-state index in [9.17, 15) is 83.1 Å². The third-order valence-electron chi connectivity index (χ3n) is 4.99. The molecule has 0 fully saturated rings. The van der Waals surface area contributed by atoms with Crippen LogP contribution in [0.4, 0.5) is 74.6 Å². The van der Waals surface area contributed by atoms with Crippen LogP contribution >= 0.6 is 0 Å². The molecule has 0 aromatic heterocycles. The number of rotatable bonds is 10. The summed E-state index contributed by atoms with van der Waals surface area (Å²) < 4.78 is 257. The molecule has 21 heteroatoms. The zero-order chi connectivity index (χ0) is 30.8. The van der Waals surface area contributed by atoms with Crippen molar-refractivity contribution < 1.29 is 87.6 Å². The van der Waals surface area contributed by atoms with Crippen LogP contribution in [0.1, 0.15) is 17.5 Å². The van der Waals surface area contributed by atoms with E-state index in [1.54, 1.807) is 0 Å². The van der Waals surface area contributed by atoms with Gasteiger partial charge >= 0.3 is 47.6 Å². The fourth-order valence-electron chi connectivity index (χ4n) is 2.80. The summed E-state index contributed by atoms with van der Waals surface area (Å²) in [6, 6.07) is 1.97. The van der Waals surface area contributed by atoms with Gasteiger partial charge in [-0.05, 0) is 25.0 Å². The first-order valence-corrected chi connectivity index (χ1v) is 10.6. The van der Waals surface area contributed by atoms with Crippen LogP contribution in [0.3, 0.4) is 0 Å².